The zero-order chi connectivity index (χ0) is 14.1. The Bertz CT molecular complexity index is 644. The lowest BCUT2D eigenvalue weighted by atomic mass is 10.1. The van der Waals surface area contributed by atoms with Crippen LogP contribution in [0.4, 0.5) is 4.39 Å². The maximum absolute atomic E-state index is 13.7. The molecular formula is C15H18FN3O. The standard InChI is InChI=1S/C15H18FN3O/c1-10-14(11-3-2-4-12(16)15(11)18-10)13(20)9-19-7-5-17-6-8-19/h2-4,17-18H,5-9H2,1H3. The van der Waals surface area contributed by atoms with Gasteiger partial charge in [-0.15, -0.1) is 0 Å². The second-order valence-corrected chi connectivity index (χ2v) is 5.24. The first-order valence-corrected chi connectivity index (χ1v) is 6.90. The first-order chi connectivity index (χ1) is 9.66. The molecule has 1 fully saturated rings. The molecule has 0 bridgehead atoms. The first-order valence-electron chi connectivity index (χ1n) is 6.90. The number of benzene rings is 1. The number of aryl methyl sites for hydroxylation is 1. The largest absolute Gasteiger partial charge is 0.356 e. The summed E-state index contributed by atoms with van der Waals surface area (Å²) in [6.07, 6.45) is 0. The Labute approximate surface area is 117 Å². The number of rotatable bonds is 3. The molecule has 1 aliphatic heterocycles. The number of carbonyl (C=O) groups excluding carboxylic acids is 1. The second-order valence-electron chi connectivity index (χ2n) is 5.24. The Kier molecular flexibility index (Phi) is 3.54. The Morgan fingerprint density at radius 2 is 2.10 bits per heavy atom. The molecule has 0 unspecified atom stereocenters. The Morgan fingerprint density at radius 1 is 1.35 bits per heavy atom. The average molecular weight is 275 g/mol. The molecule has 0 radical (unpaired) electrons. The van der Waals surface area contributed by atoms with Gasteiger partial charge in [-0.1, -0.05) is 12.1 Å². The van der Waals surface area contributed by atoms with Gasteiger partial charge in [0.25, 0.3) is 0 Å². The second kappa shape index (κ2) is 5.34. The molecule has 0 saturated carbocycles. The molecule has 1 aromatic heterocycles. The van der Waals surface area contributed by atoms with Crippen LogP contribution in [-0.4, -0.2) is 48.4 Å². The van der Waals surface area contributed by atoms with E-state index in [1.165, 1.54) is 6.07 Å². The van der Waals surface area contributed by atoms with Gasteiger partial charge in [-0.2, -0.15) is 0 Å². The summed E-state index contributed by atoms with van der Waals surface area (Å²) < 4.78 is 13.7. The van der Waals surface area contributed by atoms with Crippen LogP contribution in [0.2, 0.25) is 0 Å². The highest BCUT2D eigenvalue weighted by Crippen LogP contribution is 2.24. The molecule has 2 aromatic rings. The van der Waals surface area contributed by atoms with Crippen molar-refractivity contribution < 1.29 is 9.18 Å². The van der Waals surface area contributed by atoms with Crippen molar-refractivity contribution in [2.24, 2.45) is 0 Å². The van der Waals surface area contributed by atoms with Crippen molar-refractivity contribution >= 4 is 16.7 Å². The fraction of sp³-hybridized carbons (Fsp3) is 0.400. The van der Waals surface area contributed by atoms with Crippen molar-refractivity contribution in [2.75, 3.05) is 32.7 Å². The van der Waals surface area contributed by atoms with Gasteiger partial charge < -0.3 is 10.3 Å². The van der Waals surface area contributed by atoms with E-state index in [1.54, 1.807) is 12.1 Å². The fourth-order valence-electron chi connectivity index (χ4n) is 2.82. The van der Waals surface area contributed by atoms with E-state index in [0.29, 0.717) is 23.0 Å². The highest BCUT2D eigenvalue weighted by atomic mass is 19.1. The van der Waals surface area contributed by atoms with Gasteiger partial charge in [-0.3, -0.25) is 9.69 Å². The molecule has 1 aromatic carbocycles. The van der Waals surface area contributed by atoms with Crippen LogP contribution in [0.3, 0.4) is 0 Å². The van der Waals surface area contributed by atoms with Gasteiger partial charge in [0.05, 0.1) is 12.1 Å². The molecule has 106 valence electrons. The van der Waals surface area contributed by atoms with Crippen LogP contribution in [0.5, 0.6) is 0 Å². The number of aromatic amines is 1. The van der Waals surface area contributed by atoms with E-state index in [1.807, 2.05) is 6.92 Å². The predicted octanol–water partition coefficient (Wildman–Crippen LogP) is 1.70. The Hall–Kier alpha value is -1.72. The van der Waals surface area contributed by atoms with Crippen LogP contribution in [0.15, 0.2) is 18.2 Å². The van der Waals surface area contributed by atoms with E-state index >= 15 is 0 Å². The lowest BCUT2D eigenvalue weighted by molar-refractivity contribution is 0.0922. The molecule has 5 heteroatoms. The quantitative estimate of drug-likeness (QED) is 0.838. The van der Waals surface area contributed by atoms with E-state index in [-0.39, 0.29) is 11.6 Å². The summed E-state index contributed by atoms with van der Waals surface area (Å²) in [6.45, 7) is 5.79. The van der Waals surface area contributed by atoms with Gasteiger partial charge in [0, 0.05) is 42.8 Å². The maximum atomic E-state index is 13.7. The van der Waals surface area contributed by atoms with Gasteiger partial charge in [0.15, 0.2) is 5.78 Å². The number of H-pyrrole nitrogens is 1. The molecule has 1 aliphatic rings. The number of carbonyl (C=O) groups is 1. The predicted molar refractivity (Wildman–Crippen MR) is 76.6 cm³/mol. The molecule has 2 heterocycles. The minimum Gasteiger partial charge on any atom is -0.356 e. The van der Waals surface area contributed by atoms with Crippen LogP contribution in [0.25, 0.3) is 10.9 Å². The topological polar surface area (TPSA) is 48.1 Å². The third-order valence-electron chi connectivity index (χ3n) is 3.83. The van der Waals surface area contributed by atoms with Crippen molar-refractivity contribution in [3.05, 3.63) is 35.3 Å². The monoisotopic (exact) mass is 275 g/mol. The van der Waals surface area contributed by atoms with Crippen molar-refractivity contribution in [1.29, 1.82) is 0 Å². The third kappa shape index (κ3) is 2.34. The normalized spacial score (nSPS) is 16.7. The Balaban J connectivity index is 1.91. The number of Topliss-reactive ketones (excluding diaryl/α,β-unsaturated/α-hetero) is 1. The summed E-state index contributed by atoms with van der Waals surface area (Å²) in [7, 11) is 0. The number of aromatic nitrogens is 1. The smallest absolute Gasteiger partial charge is 0.179 e. The van der Waals surface area contributed by atoms with E-state index in [2.05, 4.69) is 15.2 Å². The number of nitrogens with zero attached hydrogens (tertiary/aromatic N) is 1. The number of hydrogen-bond acceptors (Lipinski definition) is 3. The Morgan fingerprint density at radius 3 is 2.85 bits per heavy atom. The molecule has 20 heavy (non-hydrogen) atoms. The number of para-hydroxylation sites is 1. The van der Waals surface area contributed by atoms with Gasteiger partial charge in [0.2, 0.25) is 0 Å². The number of hydrogen-bond donors (Lipinski definition) is 2. The zero-order valence-corrected chi connectivity index (χ0v) is 11.5. The summed E-state index contributed by atoms with van der Waals surface area (Å²) in [5.41, 5.74) is 1.79. The number of nitrogens with one attached hydrogen (secondary N) is 2. The van der Waals surface area contributed by atoms with E-state index in [0.717, 1.165) is 31.9 Å². The minimum absolute atomic E-state index is 0.0567. The number of piperazine rings is 1. The molecule has 0 aliphatic carbocycles. The van der Waals surface area contributed by atoms with Gasteiger partial charge >= 0.3 is 0 Å². The van der Waals surface area contributed by atoms with E-state index in [4.69, 9.17) is 0 Å². The van der Waals surface area contributed by atoms with Gasteiger partial charge in [0.1, 0.15) is 5.82 Å². The summed E-state index contributed by atoms with van der Waals surface area (Å²) in [4.78, 5) is 17.6. The fourth-order valence-corrected chi connectivity index (χ4v) is 2.82. The maximum Gasteiger partial charge on any atom is 0.179 e. The molecule has 1 saturated heterocycles. The molecule has 0 amide bonds. The lowest BCUT2D eigenvalue weighted by Crippen LogP contribution is -2.45. The SMILES string of the molecule is Cc1[nH]c2c(F)cccc2c1C(=O)CN1CCNCC1. The number of ketones is 1. The minimum atomic E-state index is -0.313. The van der Waals surface area contributed by atoms with Crippen LogP contribution < -0.4 is 5.32 Å². The summed E-state index contributed by atoms with van der Waals surface area (Å²) in [5.74, 6) is -0.256. The lowest BCUT2D eigenvalue weighted by Gasteiger charge is -2.26. The molecule has 4 nitrogen and oxygen atoms in total. The van der Waals surface area contributed by atoms with Crippen LogP contribution in [-0.2, 0) is 0 Å². The molecule has 3 rings (SSSR count). The third-order valence-corrected chi connectivity index (χ3v) is 3.83. The molecule has 2 N–H and O–H groups in total. The van der Waals surface area contributed by atoms with E-state index < -0.39 is 0 Å². The summed E-state index contributed by atoms with van der Waals surface area (Å²) in [6, 6.07) is 4.85. The van der Waals surface area contributed by atoms with Crippen molar-refractivity contribution in [3.8, 4) is 0 Å². The van der Waals surface area contributed by atoms with Crippen LogP contribution in [0.1, 0.15) is 16.1 Å². The summed E-state index contributed by atoms with van der Waals surface area (Å²) >= 11 is 0. The molecule has 0 atom stereocenters. The molecular weight excluding hydrogens is 257 g/mol. The van der Waals surface area contributed by atoms with Crippen molar-refractivity contribution in [2.45, 2.75) is 6.92 Å². The van der Waals surface area contributed by atoms with Gasteiger partial charge in [-0.25, -0.2) is 4.39 Å². The van der Waals surface area contributed by atoms with E-state index in [9.17, 15) is 9.18 Å². The highest BCUT2D eigenvalue weighted by Gasteiger charge is 2.20. The van der Waals surface area contributed by atoms with Crippen LogP contribution >= 0.6 is 0 Å². The highest BCUT2D eigenvalue weighted by molar-refractivity contribution is 6.10. The average Bonchev–Trinajstić information content (AvgIpc) is 2.78. The molecule has 0 spiro atoms. The number of fused-ring (bicyclic) bond motifs is 1. The van der Waals surface area contributed by atoms with Gasteiger partial charge in [-0.05, 0) is 13.0 Å². The van der Waals surface area contributed by atoms with Crippen molar-refractivity contribution in [3.63, 3.8) is 0 Å². The number of halogens is 1. The van der Waals surface area contributed by atoms with Crippen molar-refractivity contribution in [1.82, 2.24) is 15.2 Å². The first kappa shape index (κ1) is 13.3. The van der Waals surface area contributed by atoms with Crippen LogP contribution in [0, 0.1) is 12.7 Å². The summed E-state index contributed by atoms with van der Waals surface area (Å²) in [5, 5.41) is 3.95. The zero-order valence-electron chi connectivity index (χ0n) is 11.5.